The standard InChI is InChI=1S/C31H34N8O/c40-29(13-20-7-3-1-4-8-20)34-22-14-21(16-32-17-22)24-9-10-25-30(36-24)31(38-37-25)26-15-23-27(35-26)18-33-19-28(23)39-11-5-2-6-12-39/h9-10,14-20,35H,1-8,11-13H2,(H,34,40)(H,37,38). The Labute approximate surface area is 232 Å². The molecule has 0 atom stereocenters. The number of carbonyl (C=O) groups excluding carboxylic acids is 1. The van der Waals surface area contributed by atoms with Gasteiger partial charge in [0, 0.05) is 36.7 Å². The molecule has 2 aliphatic rings. The summed E-state index contributed by atoms with van der Waals surface area (Å²) in [5.41, 5.74) is 7.78. The van der Waals surface area contributed by atoms with Gasteiger partial charge in [-0.15, -0.1) is 0 Å². The monoisotopic (exact) mass is 534 g/mol. The van der Waals surface area contributed by atoms with E-state index in [2.05, 4.69) is 41.4 Å². The number of fused-ring (bicyclic) bond motifs is 2. The second kappa shape index (κ2) is 10.7. The smallest absolute Gasteiger partial charge is 0.224 e. The summed E-state index contributed by atoms with van der Waals surface area (Å²) in [7, 11) is 0. The van der Waals surface area contributed by atoms with Gasteiger partial charge in [-0.2, -0.15) is 5.10 Å². The fraction of sp³-hybridized carbons (Fsp3) is 0.387. The molecule has 3 N–H and O–H groups in total. The molecule has 1 aliphatic carbocycles. The number of hydrogen-bond acceptors (Lipinski definition) is 6. The molecule has 1 saturated carbocycles. The minimum absolute atomic E-state index is 0.0589. The molecule has 0 spiro atoms. The molecule has 5 aromatic rings. The lowest BCUT2D eigenvalue weighted by atomic mass is 9.87. The third kappa shape index (κ3) is 4.92. The largest absolute Gasteiger partial charge is 0.370 e. The number of nitrogens with one attached hydrogen (secondary N) is 3. The van der Waals surface area contributed by atoms with Crippen molar-refractivity contribution in [2.45, 2.75) is 57.8 Å². The van der Waals surface area contributed by atoms with Crippen molar-refractivity contribution < 1.29 is 4.79 Å². The van der Waals surface area contributed by atoms with E-state index < -0.39 is 0 Å². The quantitative estimate of drug-likeness (QED) is 0.230. The Kier molecular flexibility index (Phi) is 6.63. The van der Waals surface area contributed by atoms with Gasteiger partial charge in [0.2, 0.25) is 5.91 Å². The van der Waals surface area contributed by atoms with Gasteiger partial charge in [-0.05, 0) is 62.3 Å². The highest BCUT2D eigenvalue weighted by molar-refractivity contribution is 5.99. The van der Waals surface area contributed by atoms with E-state index in [1.165, 1.54) is 44.2 Å². The Morgan fingerprint density at radius 1 is 0.925 bits per heavy atom. The van der Waals surface area contributed by atoms with Crippen LogP contribution in [-0.2, 0) is 4.79 Å². The van der Waals surface area contributed by atoms with Crippen molar-refractivity contribution in [1.82, 2.24) is 30.1 Å². The number of piperidine rings is 1. The molecular formula is C31H34N8O. The minimum atomic E-state index is 0.0589. The van der Waals surface area contributed by atoms with E-state index in [1.807, 2.05) is 30.6 Å². The summed E-state index contributed by atoms with van der Waals surface area (Å²) in [4.78, 5) is 32.5. The number of amides is 1. The van der Waals surface area contributed by atoms with Crippen LogP contribution >= 0.6 is 0 Å². The van der Waals surface area contributed by atoms with Crippen LogP contribution < -0.4 is 10.2 Å². The SMILES string of the molecule is O=C(CC1CCCCC1)Nc1cncc(-c2ccc3[nH]nc(-c4cc5c(N6CCCCC6)cncc5[nH]4)c3n2)c1. The van der Waals surface area contributed by atoms with Crippen molar-refractivity contribution in [2.75, 3.05) is 23.3 Å². The lowest BCUT2D eigenvalue weighted by Gasteiger charge is -2.28. The molecule has 40 heavy (non-hydrogen) atoms. The summed E-state index contributed by atoms with van der Waals surface area (Å²) in [5, 5.41) is 12.0. The minimum Gasteiger partial charge on any atom is -0.370 e. The summed E-state index contributed by atoms with van der Waals surface area (Å²) in [6.07, 6.45) is 17.7. The van der Waals surface area contributed by atoms with E-state index in [0.29, 0.717) is 18.0 Å². The molecule has 7 rings (SSSR count). The van der Waals surface area contributed by atoms with Crippen LogP contribution in [0.3, 0.4) is 0 Å². The van der Waals surface area contributed by atoms with Gasteiger partial charge in [0.05, 0.1) is 52.4 Å². The first-order valence-electron chi connectivity index (χ1n) is 14.5. The van der Waals surface area contributed by atoms with E-state index in [0.717, 1.165) is 70.5 Å². The Morgan fingerprint density at radius 2 is 1.75 bits per heavy atom. The van der Waals surface area contributed by atoms with Gasteiger partial charge in [0.25, 0.3) is 0 Å². The Balaban J connectivity index is 1.17. The third-order valence-electron chi connectivity index (χ3n) is 8.40. The number of aromatic amines is 2. The van der Waals surface area contributed by atoms with E-state index in [9.17, 15) is 4.79 Å². The van der Waals surface area contributed by atoms with Gasteiger partial charge in [-0.25, -0.2) is 4.98 Å². The molecule has 1 amide bonds. The first-order valence-corrected chi connectivity index (χ1v) is 14.5. The third-order valence-corrected chi connectivity index (χ3v) is 8.40. The maximum absolute atomic E-state index is 12.7. The normalized spacial score (nSPS) is 16.6. The van der Waals surface area contributed by atoms with Crippen molar-refractivity contribution in [3.8, 4) is 22.6 Å². The molecule has 9 heteroatoms. The maximum atomic E-state index is 12.7. The fourth-order valence-corrected chi connectivity index (χ4v) is 6.31. The van der Waals surface area contributed by atoms with E-state index >= 15 is 0 Å². The van der Waals surface area contributed by atoms with Crippen LogP contribution in [0.15, 0.2) is 49.1 Å². The molecule has 9 nitrogen and oxygen atoms in total. The average molecular weight is 535 g/mol. The second-order valence-corrected chi connectivity index (χ2v) is 11.2. The number of carbonyl (C=O) groups is 1. The van der Waals surface area contributed by atoms with Crippen LogP contribution in [0.5, 0.6) is 0 Å². The van der Waals surface area contributed by atoms with E-state index in [-0.39, 0.29) is 5.91 Å². The summed E-state index contributed by atoms with van der Waals surface area (Å²) in [5.74, 6) is 0.549. The highest BCUT2D eigenvalue weighted by atomic mass is 16.1. The lowest BCUT2D eigenvalue weighted by molar-refractivity contribution is -0.117. The predicted octanol–water partition coefficient (Wildman–Crippen LogP) is 6.46. The highest BCUT2D eigenvalue weighted by Crippen LogP contribution is 2.34. The number of pyridine rings is 3. The number of H-pyrrole nitrogens is 2. The lowest BCUT2D eigenvalue weighted by Crippen LogP contribution is -2.29. The average Bonchev–Trinajstić information content (AvgIpc) is 3.62. The van der Waals surface area contributed by atoms with Crippen molar-refractivity contribution in [3.63, 3.8) is 0 Å². The van der Waals surface area contributed by atoms with Crippen LogP contribution in [0.2, 0.25) is 0 Å². The molecule has 0 bridgehead atoms. The number of anilines is 2. The van der Waals surface area contributed by atoms with Crippen molar-refractivity contribution in [3.05, 3.63) is 49.1 Å². The first-order chi connectivity index (χ1) is 19.7. The molecule has 2 fully saturated rings. The topological polar surface area (TPSA) is 115 Å². The molecule has 5 aromatic heterocycles. The van der Waals surface area contributed by atoms with Crippen LogP contribution in [0.1, 0.15) is 57.8 Å². The van der Waals surface area contributed by atoms with Crippen LogP contribution in [0, 0.1) is 5.92 Å². The zero-order valence-electron chi connectivity index (χ0n) is 22.6. The summed E-state index contributed by atoms with van der Waals surface area (Å²) in [6.45, 7) is 2.12. The molecular weight excluding hydrogens is 500 g/mol. The number of aromatic nitrogens is 6. The fourth-order valence-electron chi connectivity index (χ4n) is 6.31. The Morgan fingerprint density at radius 3 is 2.62 bits per heavy atom. The van der Waals surface area contributed by atoms with Crippen LogP contribution in [0.4, 0.5) is 11.4 Å². The van der Waals surface area contributed by atoms with E-state index in [4.69, 9.17) is 4.98 Å². The summed E-state index contributed by atoms with van der Waals surface area (Å²) < 4.78 is 0. The van der Waals surface area contributed by atoms with Crippen molar-refractivity contribution >= 4 is 39.2 Å². The molecule has 6 heterocycles. The van der Waals surface area contributed by atoms with Gasteiger partial charge in [0.15, 0.2) is 0 Å². The Bertz CT molecular complexity index is 1660. The molecule has 1 saturated heterocycles. The number of hydrogen-bond donors (Lipinski definition) is 3. The van der Waals surface area contributed by atoms with Crippen LogP contribution in [0.25, 0.3) is 44.6 Å². The summed E-state index contributed by atoms with van der Waals surface area (Å²) >= 11 is 0. The number of rotatable bonds is 6. The molecule has 204 valence electrons. The first kappa shape index (κ1) is 24.7. The van der Waals surface area contributed by atoms with Crippen molar-refractivity contribution in [1.29, 1.82) is 0 Å². The van der Waals surface area contributed by atoms with Gasteiger partial charge >= 0.3 is 0 Å². The molecule has 0 unspecified atom stereocenters. The Hall–Kier alpha value is -4.27. The molecule has 1 aliphatic heterocycles. The van der Waals surface area contributed by atoms with Crippen molar-refractivity contribution in [2.24, 2.45) is 5.92 Å². The van der Waals surface area contributed by atoms with Crippen LogP contribution in [-0.4, -0.2) is 49.1 Å². The summed E-state index contributed by atoms with van der Waals surface area (Å²) in [6, 6.07) is 8.05. The van der Waals surface area contributed by atoms with E-state index in [1.54, 1.807) is 12.4 Å². The van der Waals surface area contributed by atoms with Gasteiger partial charge in [0.1, 0.15) is 11.2 Å². The zero-order valence-corrected chi connectivity index (χ0v) is 22.6. The maximum Gasteiger partial charge on any atom is 0.224 e. The molecule has 0 radical (unpaired) electrons. The second-order valence-electron chi connectivity index (χ2n) is 11.2. The number of nitrogens with zero attached hydrogens (tertiary/aromatic N) is 5. The highest BCUT2D eigenvalue weighted by Gasteiger charge is 2.20. The van der Waals surface area contributed by atoms with Gasteiger partial charge in [-0.3, -0.25) is 19.9 Å². The van der Waals surface area contributed by atoms with Gasteiger partial charge in [-0.1, -0.05) is 19.3 Å². The van der Waals surface area contributed by atoms with Gasteiger partial charge < -0.3 is 15.2 Å². The molecule has 0 aromatic carbocycles. The zero-order chi connectivity index (χ0) is 26.9. The predicted molar refractivity (Wildman–Crippen MR) is 158 cm³/mol.